The molecule has 0 aliphatic rings. The molecule has 1 heterocycles. The van der Waals surface area contributed by atoms with Gasteiger partial charge in [0.25, 0.3) is 0 Å². The number of hydrogen-bond donors (Lipinski definition) is 1. The molecule has 0 saturated carbocycles. The van der Waals surface area contributed by atoms with Gasteiger partial charge in [-0.1, -0.05) is 12.1 Å². The van der Waals surface area contributed by atoms with Gasteiger partial charge in [-0.2, -0.15) is 5.21 Å². The molecule has 0 amide bonds. The van der Waals surface area contributed by atoms with E-state index in [0.717, 1.165) is 22.6 Å². The average molecular weight is 282 g/mol. The van der Waals surface area contributed by atoms with Crippen molar-refractivity contribution in [3.05, 3.63) is 54.1 Å². The summed E-state index contributed by atoms with van der Waals surface area (Å²) in [6.07, 6.45) is 0. The number of tetrazole rings is 1. The highest BCUT2D eigenvalue weighted by atomic mass is 16.5. The van der Waals surface area contributed by atoms with Crippen LogP contribution in [0.1, 0.15) is 5.56 Å². The third-order valence-electron chi connectivity index (χ3n) is 3.02. The van der Waals surface area contributed by atoms with Gasteiger partial charge in [-0.15, -0.1) is 10.2 Å². The first-order valence-electron chi connectivity index (χ1n) is 6.45. The number of hydrogen-bond acceptors (Lipinski definition) is 5. The minimum atomic E-state index is 0.506. The van der Waals surface area contributed by atoms with Gasteiger partial charge in [0.2, 0.25) is 5.82 Å². The predicted molar refractivity (Wildman–Crippen MR) is 76.9 cm³/mol. The van der Waals surface area contributed by atoms with Gasteiger partial charge >= 0.3 is 0 Å². The second kappa shape index (κ2) is 6.04. The van der Waals surface area contributed by atoms with Crippen molar-refractivity contribution in [2.24, 2.45) is 0 Å². The minimum absolute atomic E-state index is 0.506. The number of nitrogens with zero attached hydrogens (tertiary/aromatic N) is 3. The summed E-state index contributed by atoms with van der Waals surface area (Å²) >= 11 is 0. The molecule has 21 heavy (non-hydrogen) atoms. The normalized spacial score (nSPS) is 10.3. The van der Waals surface area contributed by atoms with Crippen LogP contribution in [0.25, 0.3) is 11.4 Å². The number of rotatable bonds is 5. The van der Waals surface area contributed by atoms with E-state index in [1.54, 1.807) is 7.11 Å². The molecule has 0 radical (unpaired) electrons. The van der Waals surface area contributed by atoms with Crippen molar-refractivity contribution in [2.45, 2.75) is 6.61 Å². The highest BCUT2D eigenvalue weighted by Gasteiger charge is 2.03. The fourth-order valence-corrected chi connectivity index (χ4v) is 1.87. The molecule has 2 aromatic carbocycles. The Kier molecular flexibility index (Phi) is 3.77. The summed E-state index contributed by atoms with van der Waals surface area (Å²) in [5, 5.41) is 13.8. The van der Waals surface area contributed by atoms with E-state index in [1.165, 1.54) is 0 Å². The first-order valence-corrected chi connectivity index (χ1v) is 6.45. The van der Waals surface area contributed by atoms with Crippen LogP contribution in [0.2, 0.25) is 0 Å². The molecule has 0 aliphatic carbocycles. The maximum Gasteiger partial charge on any atom is 0.204 e. The van der Waals surface area contributed by atoms with Gasteiger partial charge in [0, 0.05) is 5.56 Å². The Bertz CT molecular complexity index is 679. The molecule has 0 unspecified atom stereocenters. The van der Waals surface area contributed by atoms with Crippen LogP contribution in [0.5, 0.6) is 11.5 Å². The van der Waals surface area contributed by atoms with Crippen LogP contribution >= 0.6 is 0 Å². The van der Waals surface area contributed by atoms with Crippen LogP contribution in [-0.2, 0) is 6.61 Å². The van der Waals surface area contributed by atoms with Gasteiger partial charge in [0.05, 0.1) is 7.11 Å². The molecule has 1 N–H and O–H groups in total. The first kappa shape index (κ1) is 13.1. The van der Waals surface area contributed by atoms with Gasteiger partial charge in [-0.3, -0.25) is 0 Å². The van der Waals surface area contributed by atoms with Crippen LogP contribution in [0.15, 0.2) is 48.5 Å². The Hall–Kier alpha value is -2.89. The van der Waals surface area contributed by atoms with E-state index in [2.05, 4.69) is 20.6 Å². The SMILES string of the molecule is COc1ccc(COc2ccc(-c3nn[nH]n3)cc2)cc1. The zero-order valence-corrected chi connectivity index (χ0v) is 11.5. The molecule has 6 heteroatoms. The second-order valence-electron chi connectivity index (χ2n) is 4.40. The smallest absolute Gasteiger partial charge is 0.204 e. The highest BCUT2D eigenvalue weighted by molar-refractivity contribution is 5.54. The van der Waals surface area contributed by atoms with Gasteiger partial charge in [0.15, 0.2) is 0 Å². The molecule has 0 fully saturated rings. The molecule has 6 nitrogen and oxygen atoms in total. The summed E-state index contributed by atoms with van der Waals surface area (Å²) < 4.78 is 10.9. The summed E-state index contributed by atoms with van der Waals surface area (Å²) in [5.41, 5.74) is 1.97. The number of nitrogens with one attached hydrogen (secondary N) is 1. The van der Waals surface area contributed by atoms with E-state index in [9.17, 15) is 0 Å². The van der Waals surface area contributed by atoms with Crippen LogP contribution < -0.4 is 9.47 Å². The predicted octanol–water partition coefficient (Wildman–Crippen LogP) is 2.45. The summed E-state index contributed by atoms with van der Waals surface area (Å²) in [5.74, 6) is 2.19. The lowest BCUT2D eigenvalue weighted by molar-refractivity contribution is 0.306. The Morgan fingerprint density at radius 2 is 1.67 bits per heavy atom. The van der Waals surface area contributed by atoms with Gasteiger partial charge in [0.1, 0.15) is 18.1 Å². The van der Waals surface area contributed by atoms with E-state index < -0.39 is 0 Å². The number of aromatic nitrogens is 4. The van der Waals surface area contributed by atoms with Gasteiger partial charge < -0.3 is 9.47 Å². The molecule has 0 spiro atoms. The Morgan fingerprint density at radius 1 is 0.952 bits per heavy atom. The molecule has 0 saturated heterocycles. The molecular weight excluding hydrogens is 268 g/mol. The maximum absolute atomic E-state index is 5.73. The lowest BCUT2D eigenvalue weighted by Gasteiger charge is -2.07. The van der Waals surface area contributed by atoms with Crippen LogP contribution in [-0.4, -0.2) is 27.7 Å². The Balaban J connectivity index is 1.62. The molecule has 3 rings (SSSR count). The molecule has 0 aliphatic heterocycles. The topological polar surface area (TPSA) is 72.9 Å². The molecular formula is C15H14N4O2. The molecule has 1 aromatic heterocycles. The second-order valence-corrected chi connectivity index (χ2v) is 4.40. The Morgan fingerprint density at radius 3 is 2.29 bits per heavy atom. The lowest BCUT2D eigenvalue weighted by atomic mass is 10.2. The van der Waals surface area contributed by atoms with Crippen molar-refractivity contribution >= 4 is 0 Å². The van der Waals surface area contributed by atoms with Crippen LogP contribution in [0, 0.1) is 0 Å². The highest BCUT2D eigenvalue weighted by Crippen LogP contribution is 2.19. The van der Waals surface area contributed by atoms with E-state index >= 15 is 0 Å². The summed E-state index contributed by atoms with van der Waals surface area (Å²) in [4.78, 5) is 0. The molecule has 106 valence electrons. The maximum atomic E-state index is 5.73. The largest absolute Gasteiger partial charge is 0.497 e. The van der Waals surface area contributed by atoms with E-state index in [1.807, 2.05) is 48.5 Å². The van der Waals surface area contributed by atoms with Crippen molar-refractivity contribution in [3.63, 3.8) is 0 Å². The quantitative estimate of drug-likeness (QED) is 0.778. The number of aromatic amines is 1. The van der Waals surface area contributed by atoms with Crippen molar-refractivity contribution < 1.29 is 9.47 Å². The summed E-state index contributed by atoms with van der Waals surface area (Å²) in [6, 6.07) is 15.3. The average Bonchev–Trinajstić information content (AvgIpc) is 3.08. The van der Waals surface area contributed by atoms with Gasteiger partial charge in [-0.25, -0.2) is 0 Å². The van der Waals surface area contributed by atoms with E-state index in [0.29, 0.717) is 12.4 Å². The zero-order chi connectivity index (χ0) is 14.5. The van der Waals surface area contributed by atoms with Crippen molar-refractivity contribution in [3.8, 4) is 22.9 Å². The molecule has 3 aromatic rings. The fourth-order valence-electron chi connectivity index (χ4n) is 1.87. The number of methoxy groups -OCH3 is 1. The number of ether oxygens (including phenoxy) is 2. The molecule has 0 atom stereocenters. The monoisotopic (exact) mass is 282 g/mol. The fraction of sp³-hybridized carbons (Fsp3) is 0.133. The minimum Gasteiger partial charge on any atom is -0.497 e. The van der Waals surface area contributed by atoms with E-state index in [-0.39, 0.29) is 0 Å². The van der Waals surface area contributed by atoms with Crippen molar-refractivity contribution in [1.82, 2.24) is 20.6 Å². The molecule has 0 bridgehead atoms. The number of benzene rings is 2. The summed E-state index contributed by atoms with van der Waals surface area (Å²) in [7, 11) is 1.65. The zero-order valence-electron chi connectivity index (χ0n) is 11.5. The standard InChI is InChI=1S/C15H14N4O2/c1-20-13-6-2-11(3-7-13)10-21-14-8-4-12(5-9-14)15-16-18-19-17-15/h2-9H,10H2,1H3,(H,16,17,18,19). The van der Waals surface area contributed by atoms with Gasteiger partial charge in [-0.05, 0) is 47.2 Å². The van der Waals surface area contributed by atoms with E-state index in [4.69, 9.17) is 9.47 Å². The number of H-pyrrole nitrogens is 1. The third kappa shape index (κ3) is 3.17. The van der Waals surface area contributed by atoms with Crippen molar-refractivity contribution in [2.75, 3.05) is 7.11 Å². The van der Waals surface area contributed by atoms with Crippen LogP contribution in [0.3, 0.4) is 0 Å². The third-order valence-corrected chi connectivity index (χ3v) is 3.02. The van der Waals surface area contributed by atoms with Crippen LogP contribution in [0.4, 0.5) is 0 Å². The Labute approximate surface area is 121 Å². The van der Waals surface area contributed by atoms with Crippen molar-refractivity contribution in [1.29, 1.82) is 0 Å². The lowest BCUT2D eigenvalue weighted by Crippen LogP contribution is -1.95. The summed E-state index contributed by atoms with van der Waals surface area (Å²) in [6.45, 7) is 0.506. The first-order chi connectivity index (χ1) is 10.3.